The maximum atomic E-state index is 6.19. The summed E-state index contributed by atoms with van der Waals surface area (Å²) in [5.74, 6) is 0. The lowest BCUT2D eigenvalue weighted by molar-refractivity contribution is 0.0896. The SMILES string of the molecule is Cc1nn(C)c(C)c1CN1CCC(N)C(C)(C)C1. The van der Waals surface area contributed by atoms with Crippen molar-refractivity contribution in [1.29, 1.82) is 0 Å². The number of aryl methyl sites for hydroxylation is 2. The van der Waals surface area contributed by atoms with Crippen molar-refractivity contribution in [1.82, 2.24) is 14.7 Å². The molecule has 0 bridgehead atoms. The molecule has 18 heavy (non-hydrogen) atoms. The largest absolute Gasteiger partial charge is 0.327 e. The molecule has 0 aromatic carbocycles. The van der Waals surface area contributed by atoms with E-state index in [0.29, 0.717) is 6.04 Å². The number of aromatic nitrogens is 2. The van der Waals surface area contributed by atoms with Crippen LogP contribution in [0.25, 0.3) is 0 Å². The van der Waals surface area contributed by atoms with Gasteiger partial charge in [0, 0.05) is 44.0 Å². The fraction of sp³-hybridized carbons (Fsp3) is 0.786. The van der Waals surface area contributed by atoms with Crippen molar-refractivity contribution in [3.05, 3.63) is 17.0 Å². The highest BCUT2D eigenvalue weighted by atomic mass is 15.3. The van der Waals surface area contributed by atoms with E-state index in [1.165, 1.54) is 11.3 Å². The second-order valence-corrected chi connectivity index (χ2v) is 6.37. The maximum Gasteiger partial charge on any atom is 0.0641 e. The number of likely N-dealkylation sites (tertiary alicyclic amines) is 1. The van der Waals surface area contributed by atoms with Gasteiger partial charge in [-0.15, -0.1) is 0 Å². The van der Waals surface area contributed by atoms with Gasteiger partial charge in [-0.1, -0.05) is 13.8 Å². The second kappa shape index (κ2) is 4.67. The van der Waals surface area contributed by atoms with Crippen LogP contribution in [-0.2, 0) is 13.6 Å². The lowest BCUT2D eigenvalue weighted by Crippen LogP contribution is -2.52. The normalized spacial score (nSPS) is 24.4. The molecule has 1 atom stereocenters. The highest BCUT2D eigenvalue weighted by molar-refractivity contribution is 5.24. The van der Waals surface area contributed by atoms with Crippen molar-refractivity contribution in [3.8, 4) is 0 Å². The first-order chi connectivity index (χ1) is 8.31. The average Bonchev–Trinajstić information content (AvgIpc) is 2.50. The molecule has 0 spiro atoms. The Morgan fingerprint density at radius 2 is 2.06 bits per heavy atom. The number of hydrogen-bond acceptors (Lipinski definition) is 3. The molecule has 1 saturated heterocycles. The summed E-state index contributed by atoms with van der Waals surface area (Å²) in [4.78, 5) is 2.51. The minimum absolute atomic E-state index is 0.211. The molecule has 0 radical (unpaired) electrons. The zero-order valence-corrected chi connectivity index (χ0v) is 12.3. The molecule has 4 nitrogen and oxygen atoms in total. The first-order valence-electron chi connectivity index (χ1n) is 6.78. The number of hydrogen-bond donors (Lipinski definition) is 1. The minimum atomic E-state index is 0.211. The Kier molecular flexibility index (Phi) is 3.52. The number of nitrogens with zero attached hydrogens (tertiary/aromatic N) is 3. The molecule has 1 aromatic rings. The van der Waals surface area contributed by atoms with E-state index in [0.717, 1.165) is 31.7 Å². The molecule has 4 heteroatoms. The zero-order valence-electron chi connectivity index (χ0n) is 12.3. The van der Waals surface area contributed by atoms with E-state index in [9.17, 15) is 0 Å². The summed E-state index contributed by atoms with van der Waals surface area (Å²) in [6.45, 7) is 12.0. The summed E-state index contributed by atoms with van der Waals surface area (Å²) < 4.78 is 1.98. The van der Waals surface area contributed by atoms with Gasteiger partial charge in [0.2, 0.25) is 0 Å². The molecule has 0 amide bonds. The smallest absolute Gasteiger partial charge is 0.0641 e. The molecule has 1 fully saturated rings. The van der Waals surface area contributed by atoms with E-state index in [-0.39, 0.29) is 5.41 Å². The lowest BCUT2D eigenvalue weighted by atomic mass is 9.79. The summed E-state index contributed by atoms with van der Waals surface area (Å²) in [7, 11) is 2.02. The highest BCUT2D eigenvalue weighted by Gasteiger charge is 2.33. The quantitative estimate of drug-likeness (QED) is 0.867. The molecule has 2 heterocycles. The third-order valence-corrected chi connectivity index (χ3v) is 4.43. The van der Waals surface area contributed by atoms with Gasteiger partial charge >= 0.3 is 0 Å². The standard InChI is InChI=1S/C14H26N4/c1-10-12(11(2)17(5)16-10)8-18-7-6-13(15)14(3,4)9-18/h13H,6-9,15H2,1-5H3. The number of piperidine rings is 1. The first kappa shape index (κ1) is 13.6. The van der Waals surface area contributed by atoms with E-state index in [4.69, 9.17) is 5.73 Å². The van der Waals surface area contributed by atoms with Crippen LogP contribution < -0.4 is 5.73 Å². The fourth-order valence-corrected chi connectivity index (χ4v) is 2.89. The van der Waals surface area contributed by atoms with Crippen LogP contribution in [0.4, 0.5) is 0 Å². The second-order valence-electron chi connectivity index (χ2n) is 6.37. The van der Waals surface area contributed by atoms with Gasteiger partial charge in [-0.05, 0) is 25.7 Å². The summed E-state index contributed by atoms with van der Waals surface area (Å²) in [6, 6.07) is 0.324. The van der Waals surface area contributed by atoms with Gasteiger partial charge in [0.25, 0.3) is 0 Å². The molecule has 102 valence electrons. The zero-order chi connectivity index (χ0) is 13.5. The lowest BCUT2D eigenvalue weighted by Gasteiger charge is -2.42. The van der Waals surface area contributed by atoms with Crippen molar-refractivity contribution in [2.45, 2.75) is 46.7 Å². The number of rotatable bonds is 2. The van der Waals surface area contributed by atoms with Gasteiger partial charge in [0.1, 0.15) is 0 Å². The summed E-state index contributed by atoms with van der Waals surface area (Å²) in [6.07, 6.45) is 1.09. The van der Waals surface area contributed by atoms with Crippen LogP contribution in [0, 0.1) is 19.3 Å². The topological polar surface area (TPSA) is 47.1 Å². The van der Waals surface area contributed by atoms with Crippen LogP contribution in [0.3, 0.4) is 0 Å². The third kappa shape index (κ3) is 2.45. The first-order valence-corrected chi connectivity index (χ1v) is 6.78. The summed E-state index contributed by atoms with van der Waals surface area (Å²) >= 11 is 0. The van der Waals surface area contributed by atoms with Gasteiger partial charge in [-0.25, -0.2) is 0 Å². The van der Waals surface area contributed by atoms with Gasteiger partial charge in [0.05, 0.1) is 5.69 Å². The third-order valence-electron chi connectivity index (χ3n) is 4.43. The summed E-state index contributed by atoms with van der Waals surface area (Å²) in [5, 5.41) is 4.49. The van der Waals surface area contributed by atoms with Crippen LogP contribution in [0.2, 0.25) is 0 Å². The van der Waals surface area contributed by atoms with Crippen molar-refractivity contribution in [2.24, 2.45) is 18.2 Å². The molecule has 2 rings (SSSR count). The van der Waals surface area contributed by atoms with Crippen molar-refractivity contribution in [3.63, 3.8) is 0 Å². The Morgan fingerprint density at radius 3 is 2.56 bits per heavy atom. The Labute approximate surface area is 110 Å². The number of nitrogens with two attached hydrogens (primary N) is 1. The van der Waals surface area contributed by atoms with Crippen LogP contribution >= 0.6 is 0 Å². The molecular formula is C14H26N4. The molecule has 2 N–H and O–H groups in total. The summed E-state index contributed by atoms with van der Waals surface area (Å²) in [5.41, 5.74) is 10.2. The molecule has 1 aliphatic rings. The maximum absolute atomic E-state index is 6.19. The molecular weight excluding hydrogens is 224 g/mol. The van der Waals surface area contributed by atoms with E-state index < -0.39 is 0 Å². The predicted octanol–water partition coefficient (Wildman–Crippen LogP) is 1.60. The van der Waals surface area contributed by atoms with Gasteiger partial charge in [-0.3, -0.25) is 9.58 Å². The van der Waals surface area contributed by atoms with Gasteiger partial charge in [0.15, 0.2) is 0 Å². The van der Waals surface area contributed by atoms with Crippen molar-refractivity contribution < 1.29 is 0 Å². The Hall–Kier alpha value is -0.870. The molecule has 1 aliphatic heterocycles. The van der Waals surface area contributed by atoms with Crippen LogP contribution in [0.5, 0.6) is 0 Å². The average molecular weight is 250 g/mol. The van der Waals surface area contributed by atoms with Crippen LogP contribution in [0.1, 0.15) is 37.2 Å². The van der Waals surface area contributed by atoms with Gasteiger partial charge < -0.3 is 5.73 Å². The Morgan fingerprint density at radius 1 is 1.39 bits per heavy atom. The van der Waals surface area contributed by atoms with Crippen LogP contribution in [0.15, 0.2) is 0 Å². The minimum Gasteiger partial charge on any atom is -0.327 e. The Balaban J connectivity index is 2.11. The van der Waals surface area contributed by atoms with E-state index in [1.807, 2.05) is 11.7 Å². The molecule has 0 saturated carbocycles. The fourth-order valence-electron chi connectivity index (χ4n) is 2.89. The highest BCUT2D eigenvalue weighted by Crippen LogP contribution is 2.29. The van der Waals surface area contributed by atoms with Crippen LogP contribution in [-0.4, -0.2) is 33.8 Å². The predicted molar refractivity (Wildman–Crippen MR) is 74.3 cm³/mol. The monoisotopic (exact) mass is 250 g/mol. The molecule has 1 unspecified atom stereocenters. The van der Waals surface area contributed by atoms with E-state index in [1.54, 1.807) is 0 Å². The van der Waals surface area contributed by atoms with E-state index in [2.05, 4.69) is 37.7 Å². The van der Waals surface area contributed by atoms with E-state index >= 15 is 0 Å². The van der Waals surface area contributed by atoms with Crippen molar-refractivity contribution >= 4 is 0 Å². The van der Waals surface area contributed by atoms with Crippen molar-refractivity contribution in [2.75, 3.05) is 13.1 Å². The molecule has 0 aliphatic carbocycles. The molecule has 1 aromatic heterocycles. The van der Waals surface area contributed by atoms with Gasteiger partial charge in [-0.2, -0.15) is 5.10 Å². The Bertz CT molecular complexity index is 433.